The number of nitrogens with zero attached hydrogens (tertiary/aromatic N) is 1. The predicted octanol–water partition coefficient (Wildman–Crippen LogP) is 1.54. The number of fused-ring (bicyclic) bond motifs is 1. The van der Waals surface area contributed by atoms with E-state index in [1.54, 1.807) is 6.20 Å². The van der Waals surface area contributed by atoms with Gasteiger partial charge in [-0.1, -0.05) is 0 Å². The molecule has 2 aromatic heterocycles. The highest BCUT2D eigenvalue weighted by Crippen LogP contribution is 2.11. The molecule has 0 amide bonds. The van der Waals surface area contributed by atoms with Crippen LogP contribution in [0, 0.1) is 13.8 Å². The van der Waals surface area contributed by atoms with Crippen molar-refractivity contribution in [3.63, 3.8) is 0 Å². The lowest BCUT2D eigenvalue weighted by molar-refractivity contribution is 1.16. The fourth-order valence-corrected chi connectivity index (χ4v) is 1.31. The Hall–Kier alpha value is -1.64. The summed E-state index contributed by atoms with van der Waals surface area (Å²) in [4.78, 5) is 18.2. The van der Waals surface area contributed by atoms with Crippen molar-refractivity contribution >= 4 is 10.9 Å². The van der Waals surface area contributed by atoms with Crippen molar-refractivity contribution in [2.75, 3.05) is 0 Å². The van der Waals surface area contributed by atoms with Crippen molar-refractivity contribution in [1.29, 1.82) is 0 Å². The Balaban J connectivity index is 2.97. The van der Waals surface area contributed by atoms with Crippen LogP contribution in [0.5, 0.6) is 0 Å². The Morgan fingerprint density at radius 3 is 2.92 bits per heavy atom. The zero-order chi connectivity index (χ0) is 9.42. The molecule has 0 unspecified atom stereocenters. The number of hydrogen-bond acceptors (Lipinski definition) is 2. The number of aromatic amines is 1. The fraction of sp³-hybridized carbons (Fsp3) is 0.200. The Morgan fingerprint density at radius 2 is 2.15 bits per heavy atom. The van der Waals surface area contributed by atoms with E-state index in [0.29, 0.717) is 5.52 Å². The molecular weight excluding hydrogens is 164 g/mol. The van der Waals surface area contributed by atoms with E-state index in [0.717, 1.165) is 16.6 Å². The number of aryl methyl sites for hydroxylation is 2. The summed E-state index contributed by atoms with van der Waals surface area (Å²) in [6, 6.07) is 3.84. The summed E-state index contributed by atoms with van der Waals surface area (Å²) >= 11 is 0. The van der Waals surface area contributed by atoms with E-state index in [-0.39, 0.29) is 5.56 Å². The maximum absolute atomic E-state index is 11.3. The third-order valence-corrected chi connectivity index (χ3v) is 2.19. The van der Waals surface area contributed by atoms with Gasteiger partial charge in [0.05, 0.1) is 0 Å². The van der Waals surface area contributed by atoms with Gasteiger partial charge in [0.2, 0.25) is 0 Å². The molecule has 1 N–H and O–H groups in total. The van der Waals surface area contributed by atoms with Gasteiger partial charge in [-0.3, -0.25) is 4.79 Å². The maximum Gasteiger partial charge on any atom is 0.274 e. The molecule has 0 aliphatic carbocycles. The van der Waals surface area contributed by atoms with Gasteiger partial charge < -0.3 is 4.98 Å². The second-order valence-corrected chi connectivity index (χ2v) is 3.14. The van der Waals surface area contributed by atoms with Gasteiger partial charge in [0.1, 0.15) is 5.52 Å². The van der Waals surface area contributed by atoms with Gasteiger partial charge in [0, 0.05) is 17.3 Å². The number of rotatable bonds is 0. The van der Waals surface area contributed by atoms with Gasteiger partial charge in [-0.05, 0) is 31.5 Å². The fourth-order valence-electron chi connectivity index (χ4n) is 1.31. The molecule has 0 aliphatic rings. The first-order valence-corrected chi connectivity index (χ1v) is 4.14. The molecule has 0 aliphatic heterocycles. The van der Waals surface area contributed by atoms with Crippen molar-refractivity contribution < 1.29 is 0 Å². The van der Waals surface area contributed by atoms with Gasteiger partial charge in [-0.15, -0.1) is 0 Å². The lowest BCUT2D eigenvalue weighted by Crippen LogP contribution is -2.07. The molecule has 0 saturated carbocycles. The lowest BCUT2D eigenvalue weighted by atomic mass is 10.1. The molecule has 2 heterocycles. The zero-order valence-corrected chi connectivity index (χ0v) is 7.59. The van der Waals surface area contributed by atoms with Crippen LogP contribution in [0.4, 0.5) is 0 Å². The second kappa shape index (κ2) is 2.69. The topological polar surface area (TPSA) is 45.8 Å². The highest BCUT2D eigenvalue weighted by Gasteiger charge is 2.01. The molecule has 0 bridgehead atoms. The first-order chi connectivity index (χ1) is 6.18. The first-order valence-electron chi connectivity index (χ1n) is 4.14. The smallest absolute Gasteiger partial charge is 0.274 e. The summed E-state index contributed by atoms with van der Waals surface area (Å²) in [6.45, 7) is 3.89. The summed E-state index contributed by atoms with van der Waals surface area (Å²) in [7, 11) is 0. The van der Waals surface area contributed by atoms with Crippen molar-refractivity contribution in [2.45, 2.75) is 13.8 Å². The van der Waals surface area contributed by atoms with Crippen LogP contribution in [0.1, 0.15) is 11.3 Å². The highest BCUT2D eigenvalue weighted by molar-refractivity contribution is 5.78. The molecule has 0 atom stereocenters. The molecule has 0 saturated heterocycles. The van der Waals surface area contributed by atoms with Crippen LogP contribution in [0.25, 0.3) is 10.9 Å². The minimum absolute atomic E-state index is 0.124. The number of hydrogen-bond donors (Lipinski definition) is 1. The lowest BCUT2D eigenvalue weighted by Gasteiger charge is -2.00. The van der Waals surface area contributed by atoms with Gasteiger partial charge >= 0.3 is 0 Å². The monoisotopic (exact) mass is 174 g/mol. The second-order valence-electron chi connectivity index (χ2n) is 3.14. The molecule has 3 nitrogen and oxygen atoms in total. The predicted molar refractivity (Wildman–Crippen MR) is 51.8 cm³/mol. The Labute approximate surface area is 75.4 Å². The Bertz CT molecular complexity index is 514. The molecule has 0 aromatic carbocycles. The molecule has 3 heteroatoms. The minimum Gasteiger partial charge on any atom is -0.327 e. The summed E-state index contributed by atoms with van der Waals surface area (Å²) < 4.78 is 0. The maximum atomic E-state index is 11.3. The van der Waals surface area contributed by atoms with E-state index >= 15 is 0 Å². The normalized spacial score (nSPS) is 10.6. The summed E-state index contributed by atoms with van der Waals surface area (Å²) in [5.74, 6) is 0. The SMILES string of the molecule is Cc1cc2cc[nH]c(=O)c2nc1C. The van der Waals surface area contributed by atoms with E-state index in [1.165, 1.54) is 0 Å². The molecule has 0 radical (unpaired) electrons. The number of H-pyrrole nitrogens is 1. The van der Waals surface area contributed by atoms with Crippen LogP contribution < -0.4 is 5.56 Å². The van der Waals surface area contributed by atoms with E-state index < -0.39 is 0 Å². The van der Waals surface area contributed by atoms with Crippen LogP contribution >= 0.6 is 0 Å². The largest absolute Gasteiger partial charge is 0.327 e. The molecule has 13 heavy (non-hydrogen) atoms. The molecule has 0 spiro atoms. The van der Waals surface area contributed by atoms with Crippen LogP contribution in [-0.2, 0) is 0 Å². The van der Waals surface area contributed by atoms with Crippen molar-refractivity contribution in [3.8, 4) is 0 Å². The molecule has 66 valence electrons. The van der Waals surface area contributed by atoms with Gasteiger partial charge in [0.15, 0.2) is 0 Å². The van der Waals surface area contributed by atoms with Crippen molar-refractivity contribution in [3.05, 3.63) is 39.9 Å². The number of aromatic nitrogens is 2. The minimum atomic E-state index is -0.124. The van der Waals surface area contributed by atoms with E-state index in [9.17, 15) is 4.79 Å². The molecular formula is C10H10N2O. The average Bonchev–Trinajstić information content (AvgIpc) is 2.09. The van der Waals surface area contributed by atoms with Crippen LogP contribution in [0.2, 0.25) is 0 Å². The summed E-state index contributed by atoms with van der Waals surface area (Å²) in [5, 5.41) is 0.895. The number of pyridine rings is 2. The van der Waals surface area contributed by atoms with Gasteiger partial charge in [-0.25, -0.2) is 4.98 Å². The number of nitrogens with one attached hydrogen (secondary N) is 1. The summed E-state index contributed by atoms with van der Waals surface area (Å²) in [5.41, 5.74) is 2.41. The van der Waals surface area contributed by atoms with Gasteiger partial charge in [-0.2, -0.15) is 0 Å². The molecule has 2 rings (SSSR count). The summed E-state index contributed by atoms with van der Waals surface area (Å²) in [6.07, 6.45) is 1.64. The highest BCUT2D eigenvalue weighted by atomic mass is 16.1. The van der Waals surface area contributed by atoms with Crippen molar-refractivity contribution in [1.82, 2.24) is 9.97 Å². The first kappa shape index (κ1) is 7.98. The quantitative estimate of drug-likeness (QED) is 0.658. The average molecular weight is 174 g/mol. The molecule has 2 aromatic rings. The van der Waals surface area contributed by atoms with Crippen LogP contribution in [0.15, 0.2) is 23.1 Å². The Kier molecular flexibility index (Phi) is 1.65. The van der Waals surface area contributed by atoms with Gasteiger partial charge in [0.25, 0.3) is 5.56 Å². The van der Waals surface area contributed by atoms with E-state index in [4.69, 9.17) is 0 Å². The van der Waals surface area contributed by atoms with E-state index in [1.807, 2.05) is 26.0 Å². The third kappa shape index (κ3) is 1.22. The Morgan fingerprint density at radius 1 is 1.38 bits per heavy atom. The zero-order valence-electron chi connectivity index (χ0n) is 7.59. The standard InChI is InChI=1S/C10H10N2O/c1-6-5-8-3-4-11-10(13)9(8)12-7(6)2/h3-5H,1-2H3,(H,11,13). The van der Waals surface area contributed by atoms with Crippen LogP contribution in [-0.4, -0.2) is 9.97 Å². The third-order valence-electron chi connectivity index (χ3n) is 2.19. The van der Waals surface area contributed by atoms with Crippen molar-refractivity contribution in [2.24, 2.45) is 0 Å². The van der Waals surface area contributed by atoms with E-state index in [2.05, 4.69) is 9.97 Å². The van der Waals surface area contributed by atoms with Crippen LogP contribution in [0.3, 0.4) is 0 Å². The molecule has 0 fully saturated rings.